The van der Waals surface area contributed by atoms with Crippen molar-refractivity contribution in [2.24, 2.45) is 11.8 Å². The molecule has 0 fully saturated rings. The second-order valence-electron chi connectivity index (χ2n) is 21.1. The monoisotopic (exact) mass is 933 g/mol. The van der Waals surface area contributed by atoms with Crippen molar-refractivity contribution in [2.75, 3.05) is 13.2 Å². The van der Waals surface area contributed by atoms with E-state index in [4.69, 9.17) is 14.2 Å². The molecule has 2 unspecified atom stereocenters. The predicted octanol–water partition coefficient (Wildman–Crippen LogP) is 19.7. The van der Waals surface area contributed by atoms with Crippen LogP contribution in [0.25, 0.3) is 0 Å². The molecule has 0 aliphatic heterocycles. The van der Waals surface area contributed by atoms with Crippen LogP contribution in [-0.4, -0.2) is 37.2 Å². The maximum Gasteiger partial charge on any atom is 0.306 e. The molecular formula is C60H116O6. The zero-order valence-electron chi connectivity index (χ0n) is 45.3. The molecule has 0 bridgehead atoms. The highest BCUT2D eigenvalue weighted by Gasteiger charge is 2.19. The summed E-state index contributed by atoms with van der Waals surface area (Å²) >= 11 is 0. The third-order valence-electron chi connectivity index (χ3n) is 14.4. The van der Waals surface area contributed by atoms with Crippen molar-refractivity contribution in [1.29, 1.82) is 0 Å². The van der Waals surface area contributed by atoms with Gasteiger partial charge in [-0.05, 0) is 31.1 Å². The SMILES string of the molecule is CCCCCCCCCCCCCCC(=O)OC[C@H](COC(=O)CCCCCCCCCCCCC(C)CC)OC(=O)CCCCCCCCCCCCCCCCCCCCC(C)CC. The molecule has 0 aliphatic rings. The third kappa shape index (κ3) is 50.3. The zero-order valence-corrected chi connectivity index (χ0v) is 45.3. The Balaban J connectivity index is 4.24. The highest BCUT2D eigenvalue weighted by molar-refractivity contribution is 5.71. The number of carbonyl (C=O) groups excluding carboxylic acids is 3. The van der Waals surface area contributed by atoms with Crippen molar-refractivity contribution in [3.05, 3.63) is 0 Å². The van der Waals surface area contributed by atoms with Gasteiger partial charge in [0.1, 0.15) is 13.2 Å². The van der Waals surface area contributed by atoms with Gasteiger partial charge in [-0.2, -0.15) is 0 Å². The van der Waals surface area contributed by atoms with Crippen molar-refractivity contribution in [1.82, 2.24) is 0 Å². The summed E-state index contributed by atoms with van der Waals surface area (Å²) in [5.41, 5.74) is 0. The Hall–Kier alpha value is -1.59. The van der Waals surface area contributed by atoms with Crippen LogP contribution in [0.5, 0.6) is 0 Å². The van der Waals surface area contributed by atoms with Gasteiger partial charge in [-0.1, -0.05) is 298 Å². The zero-order chi connectivity index (χ0) is 48.2. The fourth-order valence-electron chi connectivity index (χ4n) is 9.16. The number of rotatable bonds is 54. The van der Waals surface area contributed by atoms with Gasteiger partial charge in [0.05, 0.1) is 0 Å². The molecule has 6 nitrogen and oxygen atoms in total. The van der Waals surface area contributed by atoms with Gasteiger partial charge in [-0.3, -0.25) is 14.4 Å². The summed E-state index contributed by atoms with van der Waals surface area (Å²) in [4.78, 5) is 38.1. The van der Waals surface area contributed by atoms with E-state index >= 15 is 0 Å². The smallest absolute Gasteiger partial charge is 0.306 e. The van der Waals surface area contributed by atoms with Gasteiger partial charge in [0.25, 0.3) is 0 Å². The van der Waals surface area contributed by atoms with Crippen molar-refractivity contribution in [2.45, 2.75) is 343 Å². The van der Waals surface area contributed by atoms with Gasteiger partial charge in [0, 0.05) is 19.3 Å². The van der Waals surface area contributed by atoms with E-state index in [1.54, 1.807) is 0 Å². The highest BCUT2D eigenvalue weighted by atomic mass is 16.6. The lowest BCUT2D eigenvalue weighted by molar-refractivity contribution is -0.167. The van der Waals surface area contributed by atoms with E-state index in [1.807, 2.05) is 0 Å². The van der Waals surface area contributed by atoms with Crippen LogP contribution >= 0.6 is 0 Å². The molecule has 0 radical (unpaired) electrons. The van der Waals surface area contributed by atoms with Crippen LogP contribution in [0, 0.1) is 11.8 Å². The fourth-order valence-corrected chi connectivity index (χ4v) is 9.16. The standard InChI is InChI=1S/C60H116O6/c1-6-9-10-11-12-13-14-24-30-35-40-45-50-58(61)64-53-57(54-65-59(62)51-46-41-36-31-27-26-29-34-39-44-49-56(5)8-3)66-60(63)52-47-42-37-32-25-22-20-18-16-15-17-19-21-23-28-33-38-43-48-55(4)7-2/h55-57H,6-54H2,1-5H3/t55?,56?,57-/m1/s1. The van der Waals surface area contributed by atoms with E-state index in [1.165, 1.54) is 225 Å². The average Bonchev–Trinajstić information content (AvgIpc) is 3.32. The van der Waals surface area contributed by atoms with Crippen molar-refractivity contribution in [3.8, 4) is 0 Å². The first-order valence-electron chi connectivity index (χ1n) is 29.8. The molecule has 0 rings (SSSR count). The van der Waals surface area contributed by atoms with E-state index < -0.39 is 6.10 Å². The van der Waals surface area contributed by atoms with E-state index in [0.717, 1.165) is 69.6 Å². The minimum absolute atomic E-state index is 0.0627. The Morgan fingerprint density at radius 1 is 0.303 bits per heavy atom. The molecule has 0 aromatic rings. The van der Waals surface area contributed by atoms with Crippen molar-refractivity contribution in [3.63, 3.8) is 0 Å². The third-order valence-corrected chi connectivity index (χ3v) is 14.4. The molecule has 66 heavy (non-hydrogen) atoms. The molecular weight excluding hydrogens is 817 g/mol. The lowest BCUT2D eigenvalue weighted by atomic mass is 9.99. The summed E-state index contributed by atoms with van der Waals surface area (Å²) in [5.74, 6) is 0.940. The first-order chi connectivity index (χ1) is 32.3. The van der Waals surface area contributed by atoms with Gasteiger partial charge >= 0.3 is 17.9 Å². The molecule has 0 amide bonds. The molecule has 3 atom stereocenters. The molecule has 0 aromatic heterocycles. The molecule has 0 aliphatic carbocycles. The van der Waals surface area contributed by atoms with E-state index in [0.29, 0.717) is 19.3 Å². The van der Waals surface area contributed by atoms with Crippen LogP contribution < -0.4 is 0 Å². The van der Waals surface area contributed by atoms with Crippen LogP contribution in [0.2, 0.25) is 0 Å². The topological polar surface area (TPSA) is 78.9 Å². The largest absolute Gasteiger partial charge is 0.462 e. The maximum absolute atomic E-state index is 12.9. The van der Waals surface area contributed by atoms with Crippen molar-refractivity contribution >= 4 is 17.9 Å². The van der Waals surface area contributed by atoms with Crippen LogP contribution in [0.1, 0.15) is 336 Å². The summed E-state index contributed by atoms with van der Waals surface area (Å²) in [6.45, 7) is 11.5. The first kappa shape index (κ1) is 64.4. The number of ether oxygens (including phenoxy) is 3. The Morgan fingerprint density at radius 2 is 0.530 bits per heavy atom. The number of carbonyl (C=O) groups is 3. The predicted molar refractivity (Wildman–Crippen MR) is 284 cm³/mol. The fraction of sp³-hybridized carbons (Fsp3) is 0.950. The number of hydrogen-bond donors (Lipinski definition) is 0. The van der Waals surface area contributed by atoms with Crippen LogP contribution in [-0.2, 0) is 28.6 Å². The van der Waals surface area contributed by atoms with E-state index in [-0.39, 0.29) is 31.1 Å². The molecule has 0 aromatic carbocycles. The quantitative estimate of drug-likeness (QED) is 0.0343. The van der Waals surface area contributed by atoms with Gasteiger partial charge in [0.15, 0.2) is 6.10 Å². The number of unbranched alkanes of at least 4 members (excludes halogenated alkanes) is 37. The Bertz CT molecular complexity index is 1010. The normalized spacial score (nSPS) is 12.9. The van der Waals surface area contributed by atoms with Gasteiger partial charge in [0.2, 0.25) is 0 Å². The van der Waals surface area contributed by atoms with Crippen LogP contribution in [0.4, 0.5) is 0 Å². The van der Waals surface area contributed by atoms with Gasteiger partial charge < -0.3 is 14.2 Å². The highest BCUT2D eigenvalue weighted by Crippen LogP contribution is 2.19. The van der Waals surface area contributed by atoms with Crippen LogP contribution in [0.15, 0.2) is 0 Å². The molecule has 0 saturated heterocycles. The summed E-state index contributed by atoms with van der Waals surface area (Å²) in [6.07, 6.45) is 56.6. The summed E-state index contributed by atoms with van der Waals surface area (Å²) in [7, 11) is 0. The summed E-state index contributed by atoms with van der Waals surface area (Å²) in [5, 5.41) is 0. The molecule has 0 spiro atoms. The average molecular weight is 934 g/mol. The van der Waals surface area contributed by atoms with E-state index in [9.17, 15) is 14.4 Å². The molecule has 6 heteroatoms. The maximum atomic E-state index is 12.9. The second-order valence-corrected chi connectivity index (χ2v) is 21.1. The molecule has 0 heterocycles. The lowest BCUT2D eigenvalue weighted by Crippen LogP contribution is -2.30. The van der Waals surface area contributed by atoms with Gasteiger partial charge in [-0.15, -0.1) is 0 Å². The Labute approximate surface area is 412 Å². The summed E-state index contributed by atoms with van der Waals surface area (Å²) < 4.78 is 16.9. The molecule has 0 N–H and O–H groups in total. The minimum Gasteiger partial charge on any atom is -0.462 e. The lowest BCUT2D eigenvalue weighted by Gasteiger charge is -2.18. The molecule has 0 saturated carbocycles. The minimum atomic E-state index is -0.763. The van der Waals surface area contributed by atoms with Gasteiger partial charge in [-0.25, -0.2) is 0 Å². The first-order valence-corrected chi connectivity index (χ1v) is 29.8. The molecule has 392 valence electrons. The second kappa shape index (κ2) is 52.8. The Morgan fingerprint density at radius 3 is 0.788 bits per heavy atom. The number of hydrogen-bond acceptors (Lipinski definition) is 6. The Kier molecular flexibility index (Phi) is 51.5. The van der Waals surface area contributed by atoms with Crippen LogP contribution in [0.3, 0.4) is 0 Å². The van der Waals surface area contributed by atoms with E-state index in [2.05, 4.69) is 34.6 Å². The number of esters is 3. The van der Waals surface area contributed by atoms with Crippen molar-refractivity contribution < 1.29 is 28.6 Å². The summed E-state index contributed by atoms with van der Waals surface area (Å²) in [6, 6.07) is 0.